The van der Waals surface area contributed by atoms with Crippen molar-refractivity contribution in [1.82, 2.24) is 10.6 Å². The van der Waals surface area contributed by atoms with Gasteiger partial charge in [0.05, 0.1) is 23.7 Å². The number of sulfone groups is 1. The second kappa shape index (κ2) is 11.6. The highest BCUT2D eigenvalue weighted by Crippen LogP contribution is 2.23. The standard InChI is InChI=1S/C21H25ClN2O6S/c1-3-29-19-10-7-16(22)13-18(19)20(25)23-12-11-15-5-8-17(9-6-15)31(27,28)14-24-21(26)30-4-2/h5-10,13H,3-4,11-12,14H2,1-2H3,(H,23,25)(H,24,26). The van der Waals surface area contributed by atoms with Gasteiger partial charge in [0.2, 0.25) is 0 Å². The average Bonchev–Trinajstić information content (AvgIpc) is 2.74. The van der Waals surface area contributed by atoms with E-state index < -0.39 is 21.8 Å². The Kier molecular flexibility index (Phi) is 9.14. The van der Waals surface area contributed by atoms with E-state index in [-0.39, 0.29) is 17.4 Å². The number of hydrogen-bond acceptors (Lipinski definition) is 6. The topological polar surface area (TPSA) is 111 Å². The predicted octanol–water partition coefficient (Wildman–Crippen LogP) is 3.19. The van der Waals surface area contributed by atoms with Gasteiger partial charge in [-0.2, -0.15) is 0 Å². The third-order valence-corrected chi connectivity index (χ3v) is 5.90. The van der Waals surface area contributed by atoms with Crippen molar-refractivity contribution < 1.29 is 27.5 Å². The molecule has 168 valence electrons. The third-order valence-electron chi connectivity index (χ3n) is 4.15. The average molecular weight is 469 g/mol. The minimum atomic E-state index is -3.68. The maximum atomic E-state index is 12.5. The van der Waals surface area contributed by atoms with E-state index in [4.69, 9.17) is 16.3 Å². The van der Waals surface area contributed by atoms with Crippen LogP contribution in [0.1, 0.15) is 29.8 Å². The van der Waals surface area contributed by atoms with Crippen molar-refractivity contribution in [2.24, 2.45) is 0 Å². The molecule has 0 bridgehead atoms. The molecule has 0 saturated carbocycles. The van der Waals surface area contributed by atoms with Gasteiger partial charge in [0, 0.05) is 11.6 Å². The zero-order chi connectivity index (χ0) is 22.9. The number of nitrogens with one attached hydrogen (secondary N) is 2. The molecule has 2 aromatic carbocycles. The van der Waals surface area contributed by atoms with Gasteiger partial charge >= 0.3 is 6.09 Å². The Hall–Kier alpha value is -2.78. The van der Waals surface area contributed by atoms with Crippen LogP contribution in [0.15, 0.2) is 47.4 Å². The molecule has 0 spiro atoms. The Morgan fingerprint density at radius 2 is 1.71 bits per heavy atom. The van der Waals surface area contributed by atoms with Gasteiger partial charge in [-0.3, -0.25) is 4.79 Å². The van der Waals surface area contributed by atoms with Crippen molar-refractivity contribution in [1.29, 1.82) is 0 Å². The number of ether oxygens (including phenoxy) is 2. The highest BCUT2D eigenvalue weighted by atomic mass is 35.5. The molecule has 2 amide bonds. The molecule has 0 unspecified atom stereocenters. The van der Waals surface area contributed by atoms with Crippen molar-refractivity contribution >= 4 is 33.4 Å². The number of halogens is 1. The Labute approximate surface area is 186 Å². The maximum Gasteiger partial charge on any atom is 0.407 e. The summed E-state index contributed by atoms with van der Waals surface area (Å²) in [6.45, 7) is 4.37. The van der Waals surface area contributed by atoms with Gasteiger partial charge in [-0.05, 0) is 56.2 Å². The minimum absolute atomic E-state index is 0.0809. The molecule has 8 nitrogen and oxygen atoms in total. The largest absolute Gasteiger partial charge is 0.493 e. The lowest BCUT2D eigenvalue weighted by atomic mass is 10.1. The fraction of sp³-hybridized carbons (Fsp3) is 0.333. The molecule has 0 fully saturated rings. The Balaban J connectivity index is 1.92. The van der Waals surface area contributed by atoms with Gasteiger partial charge in [-0.15, -0.1) is 0 Å². The summed E-state index contributed by atoms with van der Waals surface area (Å²) < 4.78 is 34.7. The first kappa shape index (κ1) is 24.5. The Morgan fingerprint density at radius 3 is 2.35 bits per heavy atom. The Morgan fingerprint density at radius 1 is 1.00 bits per heavy atom. The molecule has 0 aromatic heterocycles. The maximum absolute atomic E-state index is 12.5. The van der Waals surface area contributed by atoms with Crippen molar-refractivity contribution in [2.75, 3.05) is 25.6 Å². The molecule has 0 aliphatic rings. The summed E-state index contributed by atoms with van der Waals surface area (Å²) in [6.07, 6.45) is -0.289. The van der Waals surface area contributed by atoms with Crippen LogP contribution in [-0.2, 0) is 21.0 Å². The number of alkyl carbamates (subject to hydrolysis) is 1. The van der Waals surface area contributed by atoms with Gasteiger partial charge in [-0.25, -0.2) is 13.2 Å². The quantitative estimate of drug-likeness (QED) is 0.554. The van der Waals surface area contributed by atoms with Crippen LogP contribution in [0.3, 0.4) is 0 Å². The monoisotopic (exact) mass is 468 g/mol. The van der Waals surface area contributed by atoms with Crippen LogP contribution in [0.25, 0.3) is 0 Å². The summed E-state index contributed by atoms with van der Waals surface area (Å²) in [5, 5.41) is 5.44. The fourth-order valence-corrected chi connectivity index (χ4v) is 3.86. The fourth-order valence-electron chi connectivity index (χ4n) is 2.66. The van der Waals surface area contributed by atoms with E-state index in [9.17, 15) is 18.0 Å². The molecule has 0 heterocycles. The molecule has 10 heteroatoms. The summed E-state index contributed by atoms with van der Waals surface area (Å²) in [6, 6.07) is 11.1. The molecule has 2 N–H and O–H groups in total. The van der Waals surface area contributed by atoms with E-state index in [1.807, 2.05) is 6.92 Å². The van der Waals surface area contributed by atoms with Crippen LogP contribution in [0.4, 0.5) is 4.79 Å². The van der Waals surface area contributed by atoms with Crippen molar-refractivity contribution in [2.45, 2.75) is 25.2 Å². The van der Waals surface area contributed by atoms with Crippen molar-refractivity contribution in [3.63, 3.8) is 0 Å². The number of hydrogen-bond donors (Lipinski definition) is 2. The zero-order valence-electron chi connectivity index (χ0n) is 17.3. The van der Waals surface area contributed by atoms with Gasteiger partial charge in [-0.1, -0.05) is 23.7 Å². The van der Waals surface area contributed by atoms with Gasteiger partial charge in [0.25, 0.3) is 5.91 Å². The molecule has 0 aliphatic heterocycles. The highest BCUT2D eigenvalue weighted by Gasteiger charge is 2.16. The molecule has 0 aliphatic carbocycles. The third kappa shape index (κ3) is 7.45. The summed E-state index contributed by atoms with van der Waals surface area (Å²) in [5.41, 5.74) is 1.19. The van der Waals surface area contributed by atoms with E-state index >= 15 is 0 Å². The van der Waals surface area contributed by atoms with Crippen LogP contribution in [-0.4, -0.2) is 46.1 Å². The summed E-state index contributed by atoms with van der Waals surface area (Å²) in [4.78, 5) is 23.8. The van der Waals surface area contributed by atoms with Crippen LogP contribution >= 0.6 is 11.6 Å². The summed E-state index contributed by atoms with van der Waals surface area (Å²) in [7, 11) is -3.68. The summed E-state index contributed by atoms with van der Waals surface area (Å²) >= 11 is 5.98. The smallest absolute Gasteiger partial charge is 0.407 e. The van der Waals surface area contributed by atoms with Crippen molar-refractivity contribution in [3.8, 4) is 5.75 Å². The molecule has 0 atom stereocenters. The highest BCUT2D eigenvalue weighted by molar-refractivity contribution is 7.91. The number of rotatable bonds is 10. The Bertz CT molecular complexity index is 1010. The minimum Gasteiger partial charge on any atom is -0.493 e. The number of amides is 2. The van der Waals surface area contributed by atoms with Crippen LogP contribution < -0.4 is 15.4 Å². The lowest BCUT2D eigenvalue weighted by Crippen LogP contribution is -2.30. The van der Waals surface area contributed by atoms with E-state index in [2.05, 4.69) is 15.4 Å². The summed E-state index contributed by atoms with van der Waals surface area (Å²) in [5.74, 6) is -0.408. The molecular formula is C21H25ClN2O6S. The van der Waals surface area contributed by atoms with Gasteiger partial charge in [0.1, 0.15) is 11.6 Å². The zero-order valence-corrected chi connectivity index (χ0v) is 18.9. The van der Waals surface area contributed by atoms with Crippen LogP contribution in [0.5, 0.6) is 5.75 Å². The molecule has 0 saturated heterocycles. The van der Waals surface area contributed by atoms with Gasteiger partial charge in [0.15, 0.2) is 9.84 Å². The lowest BCUT2D eigenvalue weighted by Gasteiger charge is -2.11. The molecule has 2 rings (SSSR count). The molecule has 0 radical (unpaired) electrons. The molecule has 31 heavy (non-hydrogen) atoms. The first-order valence-electron chi connectivity index (χ1n) is 9.69. The van der Waals surface area contributed by atoms with Crippen molar-refractivity contribution in [3.05, 3.63) is 58.6 Å². The normalized spacial score (nSPS) is 10.9. The van der Waals surface area contributed by atoms with E-state index in [1.165, 1.54) is 12.1 Å². The van der Waals surface area contributed by atoms with E-state index in [0.717, 1.165) is 5.56 Å². The second-order valence-electron chi connectivity index (χ2n) is 6.38. The van der Waals surface area contributed by atoms with E-state index in [0.29, 0.717) is 35.9 Å². The number of benzene rings is 2. The first-order valence-corrected chi connectivity index (χ1v) is 11.7. The first-order chi connectivity index (χ1) is 14.8. The molecular weight excluding hydrogens is 444 g/mol. The predicted molar refractivity (Wildman–Crippen MR) is 117 cm³/mol. The van der Waals surface area contributed by atoms with Crippen LogP contribution in [0, 0.1) is 0 Å². The SMILES string of the molecule is CCOC(=O)NCS(=O)(=O)c1ccc(CCNC(=O)c2cc(Cl)ccc2OCC)cc1. The molecule has 2 aromatic rings. The van der Waals surface area contributed by atoms with E-state index in [1.54, 1.807) is 37.3 Å². The lowest BCUT2D eigenvalue weighted by molar-refractivity contribution is 0.0950. The van der Waals surface area contributed by atoms with Gasteiger partial charge < -0.3 is 20.1 Å². The number of carbonyl (C=O) groups is 2. The number of carbonyl (C=O) groups excluding carboxylic acids is 2. The van der Waals surface area contributed by atoms with Crippen LogP contribution in [0.2, 0.25) is 5.02 Å². The second-order valence-corrected chi connectivity index (χ2v) is 8.81.